The third kappa shape index (κ3) is 4.82. The first-order valence-corrected chi connectivity index (χ1v) is 9.57. The van der Waals surface area contributed by atoms with Crippen molar-refractivity contribution >= 4 is 17.6 Å². The number of amides is 3. The summed E-state index contributed by atoms with van der Waals surface area (Å²) in [6.07, 6.45) is 0.939. The second-order valence-electron chi connectivity index (χ2n) is 7.34. The van der Waals surface area contributed by atoms with Crippen molar-refractivity contribution in [1.82, 2.24) is 10.2 Å². The second-order valence-corrected chi connectivity index (χ2v) is 7.34. The molecule has 2 aromatic carbocycles. The number of nitrogens with zero attached hydrogens (tertiary/aromatic N) is 1. The lowest BCUT2D eigenvalue weighted by atomic mass is 9.98. The predicted molar refractivity (Wildman–Crippen MR) is 110 cm³/mol. The fourth-order valence-electron chi connectivity index (χ4n) is 3.35. The van der Waals surface area contributed by atoms with Crippen molar-refractivity contribution in [2.45, 2.75) is 32.2 Å². The molecule has 6 nitrogen and oxygen atoms in total. The maximum atomic E-state index is 12.6. The van der Waals surface area contributed by atoms with E-state index in [1.807, 2.05) is 30.9 Å². The Balaban J connectivity index is 1.55. The normalized spacial score (nSPS) is 16.1. The topological polar surface area (TPSA) is 70.7 Å². The van der Waals surface area contributed by atoms with E-state index in [-0.39, 0.29) is 18.0 Å². The van der Waals surface area contributed by atoms with Crippen LogP contribution >= 0.6 is 0 Å². The molecule has 0 radical (unpaired) electrons. The van der Waals surface area contributed by atoms with Crippen LogP contribution in [0.25, 0.3) is 0 Å². The summed E-state index contributed by atoms with van der Waals surface area (Å²) in [7, 11) is 1.65. The van der Waals surface area contributed by atoms with Gasteiger partial charge in [-0.25, -0.2) is 4.79 Å². The van der Waals surface area contributed by atoms with Crippen molar-refractivity contribution in [1.29, 1.82) is 0 Å². The van der Waals surface area contributed by atoms with E-state index in [0.717, 1.165) is 18.7 Å². The van der Waals surface area contributed by atoms with Gasteiger partial charge in [-0.1, -0.05) is 12.1 Å². The van der Waals surface area contributed by atoms with Crippen LogP contribution in [0.3, 0.4) is 0 Å². The van der Waals surface area contributed by atoms with Crippen LogP contribution < -0.4 is 15.4 Å². The van der Waals surface area contributed by atoms with Gasteiger partial charge in [0.15, 0.2) is 0 Å². The highest BCUT2D eigenvalue weighted by atomic mass is 16.5. The van der Waals surface area contributed by atoms with Gasteiger partial charge in [0.1, 0.15) is 5.75 Å². The molecule has 3 rings (SSSR count). The molecule has 1 fully saturated rings. The Morgan fingerprint density at radius 1 is 1.07 bits per heavy atom. The Morgan fingerprint density at radius 3 is 2.36 bits per heavy atom. The second kappa shape index (κ2) is 8.78. The van der Waals surface area contributed by atoms with Crippen molar-refractivity contribution in [2.24, 2.45) is 0 Å². The maximum absolute atomic E-state index is 12.6. The van der Waals surface area contributed by atoms with Gasteiger partial charge < -0.3 is 20.3 Å². The van der Waals surface area contributed by atoms with Gasteiger partial charge in [0, 0.05) is 36.3 Å². The molecule has 0 spiro atoms. The first-order valence-electron chi connectivity index (χ1n) is 9.57. The summed E-state index contributed by atoms with van der Waals surface area (Å²) in [6, 6.07) is 14.9. The average molecular weight is 381 g/mol. The lowest BCUT2D eigenvalue weighted by Crippen LogP contribution is -2.33. The fraction of sp³-hybridized carbons (Fsp3) is 0.364. The number of hydrogen-bond acceptors (Lipinski definition) is 3. The zero-order valence-corrected chi connectivity index (χ0v) is 16.6. The molecule has 1 heterocycles. The van der Waals surface area contributed by atoms with E-state index >= 15 is 0 Å². The molecule has 3 amide bonds. The van der Waals surface area contributed by atoms with Crippen LogP contribution in [0.5, 0.6) is 5.75 Å². The van der Waals surface area contributed by atoms with Gasteiger partial charge in [0.05, 0.1) is 7.11 Å². The minimum Gasteiger partial charge on any atom is -0.497 e. The summed E-state index contributed by atoms with van der Waals surface area (Å²) in [5, 5.41) is 5.77. The van der Waals surface area contributed by atoms with E-state index in [2.05, 4.69) is 22.8 Å². The Hall–Kier alpha value is -3.02. The van der Waals surface area contributed by atoms with Crippen molar-refractivity contribution in [2.75, 3.05) is 25.5 Å². The minimum atomic E-state index is -0.116. The van der Waals surface area contributed by atoms with Crippen LogP contribution in [-0.4, -0.2) is 43.1 Å². The quantitative estimate of drug-likeness (QED) is 0.826. The number of ether oxygens (including phenoxy) is 1. The Bertz CT molecular complexity index is 816. The first kappa shape index (κ1) is 19.7. The number of anilines is 1. The van der Waals surface area contributed by atoms with E-state index in [4.69, 9.17) is 4.74 Å². The van der Waals surface area contributed by atoms with Crippen LogP contribution in [0, 0.1) is 0 Å². The number of urea groups is 1. The van der Waals surface area contributed by atoms with Crippen molar-refractivity contribution in [3.05, 3.63) is 59.7 Å². The highest BCUT2D eigenvalue weighted by molar-refractivity contribution is 5.95. The number of hydrogen-bond donors (Lipinski definition) is 2. The molecule has 0 bridgehead atoms. The lowest BCUT2D eigenvalue weighted by Gasteiger charge is -2.18. The Morgan fingerprint density at radius 2 is 1.75 bits per heavy atom. The van der Waals surface area contributed by atoms with E-state index < -0.39 is 0 Å². The monoisotopic (exact) mass is 381 g/mol. The van der Waals surface area contributed by atoms with Crippen LogP contribution in [-0.2, 0) is 0 Å². The smallest absolute Gasteiger partial charge is 0.321 e. The molecule has 1 saturated heterocycles. The lowest BCUT2D eigenvalue weighted by molar-refractivity contribution is 0.0943. The number of likely N-dealkylation sites (tertiary alicyclic amines) is 1. The molecular weight excluding hydrogens is 354 g/mol. The first-order chi connectivity index (χ1) is 13.5. The van der Waals surface area contributed by atoms with Crippen molar-refractivity contribution in [3.8, 4) is 5.75 Å². The molecule has 0 saturated carbocycles. The van der Waals surface area contributed by atoms with Crippen LogP contribution in [0.1, 0.15) is 42.1 Å². The molecule has 0 aromatic heterocycles. The molecular formula is C22H27N3O3. The van der Waals surface area contributed by atoms with E-state index in [1.165, 1.54) is 5.56 Å². The summed E-state index contributed by atoms with van der Waals surface area (Å²) in [5.74, 6) is 1.05. The van der Waals surface area contributed by atoms with Gasteiger partial charge in [-0.2, -0.15) is 0 Å². The highest BCUT2D eigenvalue weighted by Gasteiger charge is 2.27. The minimum absolute atomic E-state index is 0.0840. The van der Waals surface area contributed by atoms with Gasteiger partial charge in [0.25, 0.3) is 5.91 Å². The average Bonchev–Trinajstić information content (AvgIpc) is 3.18. The summed E-state index contributed by atoms with van der Waals surface area (Å²) in [6.45, 7) is 5.24. The van der Waals surface area contributed by atoms with E-state index in [0.29, 0.717) is 23.7 Å². The Labute approximate surface area is 165 Å². The molecule has 1 atom stereocenters. The molecule has 6 heteroatoms. The van der Waals surface area contributed by atoms with Gasteiger partial charge in [-0.05, 0) is 62.2 Å². The molecule has 1 aliphatic rings. The molecule has 28 heavy (non-hydrogen) atoms. The third-order valence-corrected chi connectivity index (χ3v) is 4.88. The molecule has 2 aromatic rings. The number of methoxy groups -OCH3 is 1. The maximum Gasteiger partial charge on any atom is 0.321 e. The number of benzene rings is 2. The fourth-order valence-corrected chi connectivity index (χ4v) is 3.35. The van der Waals surface area contributed by atoms with Crippen LogP contribution in [0.2, 0.25) is 0 Å². The van der Waals surface area contributed by atoms with Gasteiger partial charge in [0.2, 0.25) is 0 Å². The number of carbonyl (C=O) groups is 2. The van der Waals surface area contributed by atoms with Gasteiger partial charge in [-0.3, -0.25) is 4.79 Å². The molecule has 148 valence electrons. The summed E-state index contributed by atoms with van der Waals surface area (Å²) >= 11 is 0. The number of carbonyl (C=O) groups excluding carboxylic acids is 2. The Kier molecular flexibility index (Phi) is 6.19. The summed E-state index contributed by atoms with van der Waals surface area (Å²) < 4.78 is 5.20. The standard InChI is InChI=1S/C22H27N3O3/c1-15(2)23-21(26)17-4-8-19(9-5-17)24-22(27)25-13-12-18(14-25)16-6-10-20(28-3)11-7-16/h4-11,15,18H,12-14H2,1-3H3,(H,23,26)(H,24,27). The zero-order chi connectivity index (χ0) is 20.1. The largest absolute Gasteiger partial charge is 0.497 e. The van der Waals surface area contributed by atoms with E-state index in [9.17, 15) is 9.59 Å². The van der Waals surface area contributed by atoms with Crippen LogP contribution in [0.15, 0.2) is 48.5 Å². The van der Waals surface area contributed by atoms with Crippen molar-refractivity contribution in [3.63, 3.8) is 0 Å². The van der Waals surface area contributed by atoms with Crippen molar-refractivity contribution < 1.29 is 14.3 Å². The SMILES string of the molecule is COc1ccc(C2CCN(C(=O)Nc3ccc(C(=O)NC(C)C)cc3)C2)cc1. The van der Waals surface area contributed by atoms with Gasteiger partial charge >= 0.3 is 6.03 Å². The summed E-state index contributed by atoms with van der Waals surface area (Å²) in [4.78, 5) is 26.4. The number of nitrogens with one attached hydrogen (secondary N) is 2. The number of rotatable bonds is 5. The molecule has 1 aliphatic heterocycles. The molecule has 2 N–H and O–H groups in total. The van der Waals surface area contributed by atoms with Crippen LogP contribution in [0.4, 0.5) is 10.5 Å². The predicted octanol–water partition coefficient (Wildman–Crippen LogP) is 3.85. The highest BCUT2D eigenvalue weighted by Crippen LogP contribution is 2.28. The molecule has 1 unspecified atom stereocenters. The summed E-state index contributed by atoms with van der Waals surface area (Å²) in [5.41, 5.74) is 2.48. The molecule has 0 aliphatic carbocycles. The zero-order valence-electron chi connectivity index (χ0n) is 16.6. The van der Waals surface area contributed by atoms with Gasteiger partial charge in [-0.15, -0.1) is 0 Å². The van der Waals surface area contributed by atoms with E-state index in [1.54, 1.807) is 31.4 Å². The third-order valence-electron chi connectivity index (χ3n) is 4.88.